The Balaban J connectivity index is 0.00000338. The third-order valence-electron chi connectivity index (χ3n) is 5.30. The second kappa shape index (κ2) is 10.3. The molecule has 0 spiro atoms. The zero-order chi connectivity index (χ0) is 18.4. The highest BCUT2D eigenvalue weighted by atomic mass is 35.5. The molecule has 0 saturated carbocycles. The minimum Gasteiger partial charge on any atom is -0.387 e. The third-order valence-corrected chi connectivity index (χ3v) is 5.30. The third kappa shape index (κ3) is 6.90. The summed E-state index contributed by atoms with van der Waals surface area (Å²) in [4.78, 5) is 12.2. The molecule has 1 aromatic carbocycles. The number of carbonyl (C=O) groups excluding carboxylic acids is 1. The molecule has 1 fully saturated rings. The average molecular weight is 383 g/mol. The number of hydrogen-bond acceptors (Lipinski definition) is 3. The lowest BCUT2D eigenvalue weighted by Crippen LogP contribution is -2.36. The van der Waals surface area contributed by atoms with E-state index in [1.54, 1.807) is 0 Å². The average Bonchev–Trinajstić information content (AvgIpc) is 2.59. The van der Waals surface area contributed by atoms with Gasteiger partial charge < -0.3 is 15.7 Å². The topological polar surface area (TPSA) is 61.4 Å². The highest BCUT2D eigenvalue weighted by molar-refractivity contribution is 5.85. The van der Waals surface area contributed by atoms with Crippen LogP contribution in [0.25, 0.3) is 0 Å². The van der Waals surface area contributed by atoms with E-state index in [2.05, 4.69) is 50.5 Å². The van der Waals surface area contributed by atoms with Gasteiger partial charge in [-0.25, -0.2) is 0 Å². The monoisotopic (exact) mass is 382 g/mol. The van der Waals surface area contributed by atoms with Crippen LogP contribution in [0, 0.1) is 11.8 Å². The number of carbonyl (C=O) groups is 1. The molecular formula is C21H35ClN2O2. The maximum absolute atomic E-state index is 12.2. The minimum atomic E-state index is -0.662. The Morgan fingerprint density at radius 2 is 1.96 bits per heavy atom. The van der Waals surface area contributed by atoms with Crippen LogP contribution in [0.4, 0.5) is 0 Å². The van der Waals surface area contributed by atoms with E-state index in [9.17, 15) is 9.90 Å². The molecule has 1 aliphatic heterocycles. The van der Waals surface area contributed by atoms with E-state index in [4.69, 9.17) is 0 Å². The van der Waals surface area contributed by atoms with Crippen LogP contribution in [0.3, 0.4) is 0 Å². The SMILES string of the molecule is CC(CC(=O)NCC(O)c1ccc(C(C)(C)C)cc1)C1CCCNC1.Cl. The molecular weight excluding hydrogens is 348 g/mol. The molecule has 3 atom stereocenters. The number of amides is 1. The van der Waals surface area contributed by atoms with E-state index in [1.807, 2.05) is 12.1 Å². The lowest BCUT2D eigenvalue weighted by Gasteiger charge is -2.28. The Morgan fingerprint density at radius 3 is 2.50 bits per heavy atom. The van der Waals surface area contributed by atoms with Crippen molar-refractivity contribution in [2.45, 2.75) is 58.5 Å². The molecule has 148 valence electrons. The summed E-state index contributed by atoms with van der Waals surface area (Å²) in [5, 5.41) is 16.6. The number of piperidine rings is 1. The Bertz CT molecular complexity index is 548. The second-order valence-electron chi connectivity index (χ2n) is 8.48. The number of rotatable bonds is 6. The maximum Gasteiger partial charge on any atom is 0.220 e. The van der Waals surface area contributed by atoms with Crippen LogP contribution in [0.5, 0.6) is 0 Å². The molecule has 4 nitrogen and oxygen atoms in total. The van der Waals surface area contributed by atoms with Crippen LogP contribution < -0.4 is 10.6 Å². The largest absolute Gasteiger partial charge is 0.387 e. The quantitative estimate of drug-likeness (QED) is 0.704. The van der Waals surface area contributed by atoms with Crippen molar-refractivity contribution in [3.05, 3.63) is 35.4 Å². The molecule has 0 aliphatic carbocycles. The molecule has 3 N–H and O–H groups in total. The number of nitrogens with one attached hydrogen (secondary N) is 2. The summed E-state index contributed by atoms with van der Waals surface area (Å²) in [6.45, 7) is 11.0. The highest BCUT2D eigenvalue weighted by Crippen LogP contribution is 2.24. The first kappa shape index (κ1) is 22.9. The van der Waals surface area contributed by atoms with Gasteiger partial charge >= 0.3 is 0 Å². The molecule has 0 aromatic heterocycles. The molecule has 1 aromatic rings. The maximum atomic E-state index is 12.2. The van der Waals surface area contributed by atoms with Gasteiger partial charge in [-0.3, -0.25) is 4.79 Å². The van der Waals surface area contributed by atoms with Crippen LogP contribution >= 0.6 is 12.4 Å². The second-order valence-corrected chi connectivity index (χ2v) is 8.48. The van der Waals surface area contributed by atoms with Crippen molar-refractivity contribution in [2.24, 2.45) is 11.8 Å². The van der Waals surface area contributed by atoms with Crippen LogP contribution in [-0.4, -0.2) is 30.6 Å². The Morgan fingerprint density at radius 1 is 1.31 bits per heavy atom. The van der Waals surface area contributed by atoms with E-state index < -0.39 is 6.10 Å². The fourth-order valence-electron chi connectivity index (χ4n) is 3.43. The molecule has 26 heavy (non-hydrogen) atoms. The Kier molecular flexibility index (Phi) is 9.08. The lowest BCUT2D eigenvalue weighted by molar-refractivity contribution is -0.122. The molecule has 1 amide bonds. The number of aliphatic hydroxyl groups excluding tert-OH is 1. The van der Waals surface area contributed by atoms with Crippen molar-refractivity contribution in [1.29, 1.82) is 0 Å². The predicted molar refractivity (Wildman–Crippen MR) is 110 cm³/mol. The van der Waals surface area contributed by atoms with Crippen LogP contribution in [0.1, 0.15) is 64.2 Å². The van der Waals surface area contributed by atoms with Gasteiger partial charge in [-0.15, -0.1) is 12.4 Å². The standard InChI is InChI=1S/C21H34N2O2.ClH/c1-15(17-6-5-11-22-13-17)12-20(25)23-14-19(24)16-7-9-18(10-8-16)21(2,3)4;/h7-10,15,17,19,22,24H,5-6,11-14H2,1-4H3,(H,23,25);1H. The van der Waals surface area contributed by atoms with Crippen molar-refractivity contribution in [3.63, 3.8) is 0 Å². The van der Waals surface area contributed by atoms with Gasteiger partial charge in [0.1, 0.15) is 0 Å². The van der Waals surface area contributed by atoms with Gasteiger partial charge in [0, 0.05) is 13.0 Å². The smallest absolute Gasteiger partial charge is 0.220 e. The highest BCUT2D eigenvalue weighted by Gasteiger charge is 2.22. The molecule has 1 heterocycles. The molecule has 2 rings (SSSR count). The van der Waals surface area contributed by atoms with E-state index in [0.29, 0.717) is 18.3 Å². The molecule has 0 radical (unpaired) electrons. The van der Waals surface area contributed by atoms with Crippen LogP contribution in [0.2, 0.25) is 0 Å². The van der Waals surface area contributed by atoms with E-state index in [-0.39, 0.29) is 30.3 Å². The zero-order valence-electron chi connectivity index (χ0n) is 16.5. The Labute approximate surface area is 164 Å². The normalized spacial score (nSPS) is 20.0. The molecule has 5 heteroatoms. The van der Waals surface area contributed by atoms with Gasteiger partial charge in [-0.05, 0) is 54.3 Å². The molecule has 3 unspecified atom stereocenters. The Hall–Kier alpha value is -1.10. The van der Waals surface area contributed by atoms with E-state index in [1.165, 1.54) is 18.4 Å². The van der Waals surface area contributed by atoms with Gasteiger partial charge in [0.15, 0.2) is 0 Å². The summed E-state index contributed by atoms with van der Waals surface area (Å²) >= 11 is 0. The van der Waals surface area contributed by atoms with Gasteiger partial charge in [-0.2, -0.15) is 0 Å². The summed E-state index contributed by atoms with van der Waals surface area (Å²) < 4.78 is 0. The van der Waals surface area contributed by atoms with Crippen molar-refractivity contribution >= 4 is 18.3 Å². The lowest BCUT2D eigenvalue weighted by atomic mass is 9.85. The van der Waals surface area contributed by atoms with E-state index in [0.717, 1.165) is 18.7 Å². The number of halogens is 1. The van der Waals surface area contributed by atoms with Crippen LogP contribution in [0.15, 0.2) is 24.3 Å². The molecule has 1 aliphatic rings. The van der Waals surface area contributed by atoms with Crippen molar-refractivity contribution in [1.82, 2.24) is 10.6 Å². The first-order valence-electron chi connectivity index (χ1n) is 9.53. The zero-order valence-corrected chi connectivity index (χ0v) is 17.4. The fourth-order valence-corrected chi connectivity index (χ4v) is 3.43. The predicted octanol–water partition coefficient (Wildman–Crippen LogP) is 3.58. The molecule has 1 saturated heterocycles. The summed E-state index contributed by atoms with van der Waals surface area (Å²) in [6, 6.07) is 8.01. The summed E-state index contributed by atoms with van der Waals surface area (Å²) in [7, 11) is 0. The fraction of sp³-hybridized carbons (Fsp3) is 0.667. The van der Waals surface area contributed by atoms with Crippen molar-refractivity contribution in [2.75, 3.05) is 19.6 Å². The van der Waals surface area contributed by atoms with Crippen molar-refractivity contribution < 1.29 is 9.90 Å². The van der Waals surface area contributed by atoms with Crippen LogP contribution in [-0.2, 0) is 10.2 Å². The number of benzene rings is 1. The van der Waals surface area contributed by atoms with E-state index >= 15 is 0 Å². The van der Waals surface area contributed by atoms with Crippen molar-refractivity contribution in [3.8, 4) is 0 Å². The van der Waals surface area contributed by atoms with Gasteiger partial charge in [-0.1, -0.05) is 52.0 Å². The summed E-state index contributed by atoms with van der Waals surface area (Å²) in [5.41, 5.74) is 2.18. The molecule has 0 bridgehead atoms. The van der Waals surface area contributed by atoms with Gasteiger partial charge in [0.2, 0.25) is 5.91 Å². The number of hydrogen-bond donors (Lipinski definition) is 3. The number of aliphatic hydroxyl groups is 1. The summed E-state index contributed by atoms with van der Waals surface area (Å²) in [6.07, 6.45) is 2.26. The van der Waals surface area contributed by atoms with Gasteiger partial charge in [0.05, 0.1) is 6.10 Å². The summed E-state index contributed by atoms with van der Waals surface area (Å²) in [5.74, 6) is 0.980. The van der Waals surface area contributed by atoms with Gasteiger partial charge in [0.25, 0.3) is 0 Å². The first-order valence-corrected chi connectivity index (χ1v) is 9.53. The minimum absolute atomic E-state index is 0. The first-order chi connectivity index (χ1) is 11.8.